The molecule has 0 spiro atoms. The van der Waals surface area contributed by atoms with Crippen molar-refractivity contribution >= 4 is 12.0 Å². The number of carboxylic acid groups (broad SMARTS) is 1. The molecule has 0 aromatic carbocycles. The zero-order valence-electron chi connectivity index (χ0n) is 10.6. The summed E-state index contributed by atoms with van der Waals surface area (Å²) in [5.74, 6) is -0.441. The molecule has 0 heterocycles. The Kier molecular flexibility index (Phi) is 5.25. The van der Waals surface area contributed by atoms with E-state index in [4.69, 9.17) is 5.11 Å². The van der Waals surface area contributed by atoms with Gasteiger partial charge in [-0.3, -0.25) is 4.79 Å². The summed E-state index contributed by atoms with van der Waals surface area (Å²) in [6, 6.07) is -1.14. The lowest BCUT2D eigenvalue weighted by atomic mass is 9.89. The Morgan fingerprint density at radius 1 is 1.35 bits per heavy atom. The van der Waals surface area contributed by atoms with Gasteiger partial charge in [0.25, 0.3) is 0 Å². The Labute approximate surface area is 102 Å². The van der Waals surface area contributed by atoms with Crippen molar-refractivity contribution in [2.75, 3.05) is 13.6 Å². The normalized spacial score (nSPS) is 18.5. The van der Waals surface area contributed by atoms with Gasteiger partial charge in [0.05, 0.1) is 0 Å². The van der Waals surface area contributed by atoms with Gasteiger partial charge in [-0.05, 0) is 25.7 Å². The summed E-state index contributed by atoms with van der Waals surface area (Å²) in [6.45, 7) is 2.19. The summed E-state index contributed by atoms with van der Waals surface area (Å²) in [5, 5.41) is 11.2. The van der Waals surface area contributed by atoms with E-state index in [0.29, 0.717) is 5.92 Å². The molecule has 2 N–H and O–H groups in total. The zero-order chi connectivity index (χ0) is 12.8. The van der Waals surface area contributed by atoms with Crippen LogP contribution in [0.25, 0.3) is 0 Å². The maximum Gasteiger partial charge on any atom is 0.325 e. The standard InChI is InChI=1S/C12H22N2O3/c1-9(11(15)16)13-12(17)14(2)8-10-6-4-3-5-7-10/h9-10H,3-8H2,1-2H3,(H,13,17)(H,15,16)/t9-/m0/s1. The van der Waals surface area contributed by atoms with Crippen molar-refractivity contribution in [2.24, 2.45) is 5.92 Å². The first-order valence-corrected chi connectivity index (χ1v) is 6.25. The van der Waals surface area contributed by atoms with Crippen molar-refractivity contribution in [1.29, 1.82) is 0 Å². The second-order valence-electron chi connectivity index (χ2n) is 4.89. The van der Waals surface area contributed by atoms with Crippen LogP contribution in [0.15, 0.2) is 0 Å². The molecule has 0 aliphatic heterocycles. The molecule has 5 heteroatoms. The van der Waals surface area contributed by atoms with Crippen molar-refractivity contribution in [2.45, 2.75) is 45.1 Å². The van der Waals surface area contributed by atoms with Crippen LogP contribution in [0.4, 0.5) is 4.79 Å². The fraction of sp³-hybridized carbons (Fsp3) is 0.833. The van der Waals surface area contributed by atoms with Crippen molar-refractivity contribution in [3.63, 3.8) is 0 Å². The van der Waals surface area contributed by atoms with Crippen molar-refractivity contribution < 1.29 is 14.7 Å². The van der Waals surface area contributed by atoms with Crippen LogP contribution < -0.4 is 5.32 Å². The van der Waals surface area contributed by atoms with Crippen LogP contribution in [0.2, 0.25) is 0 Å². The minimum atomic E-state index is -1.01. The number of amides is 2. The first kappa shape index (κ1) is 13.8. The van der Waals surface area contributed by atoms with Gasteiger partial charge in [0.1, 0.15) is 6.04 Å². The van der Waals surface area contributed by atoms with Gasteiger partial charge in [-0.25, -0.2) is 4.79 Å². The van der Waals surface area contributed by atoms with Gasteiger partial charge in [0.2, 0.25) is 0 Å². The molecule has 1 atom stereocenters. The molecule has 0 radical (unpaired) electrons. The van der Waals surface area contributed by atoms with Crippen LogP contribution in [-0.2, 0) is 4.79 Å². The molecule has 98 valence electrons. The van der Waals surface area contributed by atoms with Crippen LogP contribution in [0.3, 0.4) is 0 Å². The Morgan fingerprint density at radius 2 is 1.94 bits per heavy atom. The maximum absolute atomic E-state index is 11.7. The number of nitrogens with zero attached hydrogens (tertiary/aromatic N) is 1. The summed E-state index contributed by atoms with van der Waals surface area (Å²) in [5.41, 5.74) is 0. The Bertz CT molecular complexity index is 275. The lowest BCUT2D eigenvalue weighted by Crippen LogP contribution is -2.46. The molecule has 0 unspecified atom stereocenters. The van der Waals surface area contributed by atoms with Gasteiger partial charge in [-0.1, -0.05) is 19.3 Å². The van der Waals surface area contributed by atoms with Crippen LogP contribution in [-0.4, -0.2) is 41.6 Å². The Hall–Kier alpha value is -1.26. The van der Waals surface area contributed by atoms with Gasteiger partial charge >= 0.3 is 12.0 Å². The number of carbonyl (C=O) groups is 2. The largest absolute Gasteiger partial charge is 0.480 e. The molecular weight excluding hydrogens is 220 g/mol. The molecule has 1 aliphatic carbocycles. The third kappa shape index (κ3) is 4.63. The number of nitrogens with one attached hydrogen (secondary N) is 1. The number of hydrogen-bond donors (Lipinski definition) is 2. The van der Waals surface area contributed by atoms with Gasteiger partial charge < -0.3 is 15.3 Å². The van der Waals surface area contributed by atoms with E-state index < -0.39 is 12.0 Å². The molecule has 1 fully saturated rings. The van der Waals surface area contributed by atoms with E-state index in [0.717, 1.165) is 6.54 Å². The molecule has 0 aromatic rings. The van der Waals surface area contributed by atoms with E-state index in [9.17, 15) is 9.59 Å². The van der Waals surface area contributed by atoms with E-state index in [1.807, 2.05) is 0 Å². The summed E-state index contributed by atoms with van der Waals surface area (Å²) < 4.78 is 0. The highest BCUT2D eigenvalue weighted by molar-refractivity contribution is 5.82. The molecule has 0 aromatic heterocycles. The minimum Gasteiger partial charge on any atom is -0.480 e. The molecule has 5 nitrogen and oxygen atoms in total. The smallest absolute Gasteiger partial charge is 0.325 e. The SMILES string of the molecule is C[C@H](NC(=O)N(C)CC1CCCCC1)C(=O)O. The van der Waals surface area contributed by atoms with Gasteiger partial charge in [0.15, 0.2) is 0 Å². The highest BCUT2D eigenvalue weighted by Gasteiger charge is 2.20. The average molecular weight is 242 g/mol. The number of carbonyl (C=O) groups excluding carboxylic acids is 1. The summed E-state index contributed by atoms with van der Waals surface area (Å²) in [7, 11) is 1.72. The molecule has 1 rings (SSSR count). The summed E-state index contributed by atoms with van der Waals surface area (Å²) >= 11 is 0. The second kappa shape index (κ2) is 6.47. The van der Waals surface area contributed by atoms with Crippen LogP contribution in [0.1, 0.15) is 39.0 Å². The quantitative estimate of drug-likeness (QED) is 0.788. The number of hydrogen-bond acceptors (Lipinski definition) is 2. The molecular formula is C12H22N2O3. The number of urea groups is 1. The number of aliphatic carboxylic acids is 1. The molecule has 2 amide bonds. The predicted octanol–water partition coefficient (Wildman–Crippen LogP) is 1.68. The molecule has 1 aliphatic rings. The van der Waals surface area contributed by atoms with E-state index in [-0.39, 0.29) is 6.03 Å². The number of carboxylic acids is 1. The third-order valence-corrected chi connectivity index (χ3v) is 3.31. The lowest BCUT2D eigenvalue weighted by molar-refractivity contribution is -0.138. The predicted molar refractivity (Wildman–Crippen MR) is 64.8 cm³/mol. The van der Waals surface area contributed by atoms with E-state index in [2.05, 4.69) is 5.32 Å². The highest BCUT2D eigenvalue weighted by Crippen LogP contribution is 2.23. The molecule has 17 heavy (non-hydrogen) atoms. The molecule has 0 saturated heterocycles. The highest BCUT2D eigenvalue weighted by atomic mass is 16.4. The van der Waals surface area contributed by atoms with Crippen LogP contribution in [0.5, 0.6) is 0 Å². The van der Waals surface area contributed by atoms with Crippen LogP contribution in [0, 0.1) is 5.92 Å². The van der Waals surface area contributed by atoms with Crippen molar-refractivity contribution in [3.8, 4) is 0 Å². The van der Waals surface area contributed by atoms with Gasteiger partial charge in [-0.2, -0.15) is 0 Å². The van der Waals surface area contributed by atoms with Crippen LogP contribution >= 0.6 is 0 Å². The monoisotopic (exact) mass is 242 g/mol. The Morgan fingerprint density at radius 3 is 2.47 bits per heavy atom. The fourth-order valence-electron chi connectivity index (χ4n) is 2.20. The first-order valence-electron chi connectivity index (χ1n) is 6.25. The second-order valence-corrected chi connectivity index (χ2v) is 4.89. The maximum atomic E-state index is 11.7. The molecule has 1 saturated carbocycles. The first-order chi connectivity index (χ1) is 8.00. The third-order valence-electron chi connectivity index (χ3n) is 3.31. The summed E-state index contributed by atoms with van der Waals surface area (Å²) in [4.78, 5) is 23.9. The van der Waals surface area contributed by atoms with E-state index >= 15 is 0 Å². The van der Waals surface area contributed by atoms with Crippen molar-refractivity contribution in [1.82, 2.24) is 10.2 Å². The van der Waals surface area contributed by atoms with Gasteiger partial charge in [0, 0.05) is 13.6 Å². The summed E-state index contributed by atoms with van der Waals surface area (Å²) in [6.07, 6.45) is 6.12. The topological polar surface area (TPSA) is 69.6 Å². The van der Waals surface area contributed by atoms with E-state index in [1.165, 1.54) is 39.0 Å². The lowest BCUT2D eigenvalue weighted by Gasteiger charge is -2.27. The average Bonchev–Trinajstić information content (AvgIpc) is 2.29. The Balaban J connectivity index is 2.33. The molecule has 0 bridgehead atoms. The zero-order valence-corrected chi connectivity index (χ0v) is 10.6. The fourth-order valence-corrected chi connectivity index (χ4v) is 2.20. The van der Waals surface area contributed by atoms with E-state index in [1.54, 1.807) is 11.9 Å². The van der Waals surface area contributed by atoms with Crippen molar-refractivity contribution in [3.05, 3.63) is 0 Å². The minimum absolute atomic E-state index is 0.300. The number of rotatable bonds is 4. The van der Waals surface area contributed by atoms with Gasteiger partial charge in [-0.15, -0.1) is 0 Å².